The molecule has 0 fully saturated rings. The van der Waals surface area contributed by atoms with E-state index >= 15 is 0 Å². The predicted molar refractivity (Wildman–Crippen MR) is 93.7 cm³/mol. The van der Waals surface area contributed by atoms with Crippen LogP contribution in [0.2, 0.25) is 0 Å². The maximum absolute atomic E-state index is 13.0. The summed E-state index contributed by atoms with van der Waals surface area (Å²) >= 11 is 1.61. The average Bonchev–Trinajstić information content (AvgIpc) is 3.24. The molecular weight excluding hydrogens is 308 g/mol. The first-order chi connectivity index (χ1) is 11.2. The van der Waals surface area contributed by atoms with Crippen LogP contribution in [-0.2, 0) is 6.54 Å². The topological polar surface area (TPSA) is 56.3 Å². The number of benzene rings is 1. The quantitative estimate of drug-likeness (QED) is 0.726. The summed E-state index contributed by atoms with van der Waals surface area (Å²) in [6, 6.07) is 9.49. The minimum Gasteiger partial charge on any atom is -0.394 e. The van der Waals surface area contributed by atoms with E-state index in [-0.39, 0.29) is 18.6 Å². The van der Waals surface area contributed by atoms with E-state index in [1.54, 1.807) is 16.2 Å². The number of carbonyl (C=O) groups excluding carboxylic acids is 1. The molecular formula is C18H20N2O2S. The van der Waals surface area contributed by atoms with Crippen molar-refractivity contribution in [1.29, 1.82) is 0 Å². The standard InChI is InChI=1S/C18H20N2O2S/c1-2-16(11-21)20(10-13-6-8-23-12-13)18(22)15-4-3-14-5-7-19-17(14)9-15/h3-9,12,16,19,21H,2,10-11H2,1H3. The number of carbonyl (C=O) groups is 1. The van der Waals surface area contributed by atoms with Gasteiger partial charge in [-0.2, -0.15) is 11.3 Å². The molecule has 0 aliphatic heterocycles. The molecule has 0 radical (unpaired) electrons. The summed E-state index contributed by atoms with van der Waals surface area (Å²) in [5, 5.41) is 14.8. The molecule has 1 atom stereocenters. The molecule has 1 unspecified atom stereocenters. The van der Waals surface area contributed by atoms with Gasteiger partial charge in [0.15, 0.2) is 0 Å². The zero-order chi connectivity index (χ0) is 16.2. The first kappa shape index (κ1) is 15.8. The molecule has 2 heterocycles. The van der Waals surface area contributed by atoms with Crippen LogP contribution in [0.1, 0.15) is 29.3 Å². The molecule has 3 rings (SSSR count). The fourth-order valence-corrected chi connectivity index (χ4v) is 3.40. The second kappa shape index (κ2) is 6.98. The van der Waals surface area contributed by atoms with E-state index in [0.717, 1.165) is 22.9 Å². The number of nitrogens with one attached hydrogen (secondary N) is 1. The van der Waals surface area contributed by atoms with Crippen molar-refractivity contribution in [2.45, 2.75) is 25.9 Å². The second-order valence-corrected chi connectivity index (χ2v) is 6.37. The maximum atomic E-state index is 13.0. The van der Waals surface area contributed by atoms with Crippen molar-refractivity contribution in [3.05, 3.63) is 58.4 Å². The molecule has 0 saturated heterocycles. The summed E-state index contributed by atoms with van der Waals surface area (Å²) in [4.78, 5) is 17.9. The zero-order valence-electron chi connectivity index (χ0n) is 13.0. The van der Waals surface area contributed by atoms with Crippen LogP contribution in [0.15, 0.2) is 47.3 Å². The Labute approximate surface area is 139 Å². The molecule has 5 heteroatoms. The number of H-pyrrole nitrogens is 1. The van der Waals surface area contributed by atoms with Crippen molar-refractivity contribution in [3.8, 4) is 0 Å². The highest BCUT2D eigenvalue weighted by Crippen LogP contribution is 2.20. The van der Waals surface area contributed by atoms with E-state index in [0.29, 0.717) is 12.1 Å². The van der Waals surface area contributed by atoms with E-state index in [4.69, 9.17) is 0 Å². The van der Waals surface area contributed by atoms with Gasteiger partial charge >= 0.3 is 0 Å². The van der Waals surface area contributed by atoms with Gasteiger partial charge in [0.2, 0.25) is 0 Å². The first-order valence-electron chi connectivity index (χ1n) is 7.73. The van der Waals surface area contributed by atoms with Gasteiger partial charge in [0.05, 0.1) is 12.6 Å². The highest BCUT2D eigenvalue weighted by Gasteiger charge is 2.23. The predicted octanol–water partition coefficient (Wildman–Crippen LogP) is 3.64. The highest BCUT2D eigenvalue weighted by atomic mass is 32.1. The molecule has 0 spiro atoms. The lowest BCUT2D eigenvalue weighted by atomic mass is 10.1. The first-order valence-corrected chi connectivity index (χ1v) is 8.67. The third-order valence-electron chi connectivity index (χ3n) is 4.12. The van der Waals surface area contributed by atoms with Crippen LogP contribution in [-0.4, -0.2) is 33.5 Å². The smallest absolute Gasteiger partial charge is 0.254 e. The Bertz CT molecular complexity index is 775. The molecule has 0 aliphatic rings. The van der Waals surface area contributed by atoms with Crippen molar-refractivity contribution in [1.82, 2.24) is 9.88 Å². The Morgan fingerprint density at radius 2 is 2.22 bits per heavy atom. The van der Waals surface area contributed by atoms with Gasteiger partial charge in [-0.05, 0) is 52.4 Å². The number of amides is 1. The van der Waals surface area contributed by atoms with Crippen LogP contribution < -0.4 is 0 Å². The minimum absolute atomic E-state index is 0.0306. The Kier molecular flexibility index (Phi) is 4.79. The average molecular weight is 328 g/mol. The van der Waals surface area contributed by atoms with Gasteiger partial charge < -0.3 is 15.0 Å². The van der Waals surface area contributed by atoms with Crippen LogP contribution in [0.5, 0.6) is 0 Å². The van der Waals surface area contributed by atoms with E-state index in [9.17, 15) is 9.90 Å². The van der Waals surface area contributed by atoms with Gasteiger partial charge in [0.1, 0.15) is 0 Å². The zero-order valence-corrected chi connectivity index (χ0v) is 13.8. The molecule has 23 heavy (non-hydrogen) atoms. The number of rotatable bonds is 6. The fraction of sp³-hybridized carbons (Fsp3) is 0.278. The summed E-state index contributed by atoms with van der Waals surface area (Å²) < 4.78 is 0. The van der Waals surface area contributed by atoms with Crippen molar-refractivity contribution in [2.75, 3.05) is 6.61 Å². The summed E-state index contributed by atoms with van der Waals surface area (Å²) in [6.07, 6.45) is 2.59. The van der Waals surface area contributed by atoms with E-state index in [2.05, 4.69) is 4.98 Å². The molecule has 120 valence electrons. The number of aliphatic hydroxyl groups excluding tert-OH is 1. The van der Waals surface area contributed by atoms with E-state index < -0.39 is 0 Å². The van der Waals surface area contributed by atoms with Gasteiger partial charge in [-0.15, -0.1) is 0 Å². The summed E-state index contributed by atoms with van der Waals surface area (Å²) in [5.41, 5.74) is 2.68. The highest BCUT2D eigenvalue weighted by molar-refractivity contribution is 7.07. The summed E-state index contributed by atoms with van der Waals surface area (Å²) in [6.45, 7) is 2.48. The molecule has 4 nitrogen and oxygen atoms in total. The third kappa shape index (κ3) is 3.30. The van der Waals surface area contributed by atoms with E-state index in [1.807, 2.05) is 54.2 Å². The molecule has 0 aliphatic carbocycles. The van der Waals surface area contributed by atoms with Crippen LogP contribution in [0.4, 0.5) is 0 Å². The number of nitrogens with zero attached hydrogens (tertiary/aromatic N) is 1. The number of hydrogen-bond donors (Lipinski definition) is 2. The van der Waals surface area contributed by atoms with Crippen LogP contribution in [0.3, 0.4) is 0 Å². The molecule has 2 N–H and O–H groups in total. The van der Waals surface area contributed by atoms with E-state index in [1.165, 1.54) is 0 Å². The molecule has 1 aromatic carbocycles. The normalized spacial score (nSPS) is 12.4. The van der Waals surface area contributed by atoms with Crippen molar-refractivity contribution in [2.24, 2.45) is 0 Å². The SMILES string of the molecule is CCC(CO)N(Cc1ccsc1)C(=O)c1ccc2cc[nH]c2c1. The molecule has 0 saturated carbocycles. The van der Waals surface area contributed by atoms with Crippen LogP contribution in [0, 0.1) is 0 Å². The number of hydrogen-bond acceptors (Lipinski definition) is 3. The number of aromatic nitrogens is 1. The van der Waals surface area contributed by atoms with Crippen LogP contribution in [0.25, 0.3) is 10.9 Å². The van der Waals surface area contributed by atoms with Crippen molar-refractivity contribution >= 4 is 28.1 Å². The lowest BCUT2D eigenvalue weighted by molar-refractivity contribution is 0.0564. The Morgan fingerprint density at radius 1 is 1.35 bits per heavy atom. The summed E-state index contributed by atoms with van der Waals surface area (Å²) in [7, 11) is 0. The number of fused-ring (bicyclic) bond motifs is 1. The van der Waals surface area contributed by atoms with Gasteiger partial charge in [0.25, 0.3) is 5.91 Å². The Balaban J connectivity index is 1.91. The van der Waals surface area contributed by atoms with Crippen molar-refractivity contribution < 1.29 is 9.90 Å². The number of aliphatic hydroxyl groups is 1. The van der Waals surface area contributed by atoms with Crippen molar-refractivity contribution in [3.63, 3.8) is 0 Å². The molecule has 2 aromatic heterocycles. The van der Waals surface area contributed by atoms with Gasteiger partial charge in [-0.1, -0.05) is 13.0 Å². The second-order valence-electron chi connectivity index (χ2n) is 5.59. The summed E-state index contributed by atoms with van der Waals surface area (Å²) in [5.74, 6) is -0.0476. The minimum atomic E-state index is -0.179. The van der Waals surface area contributed by atoms with Gasteiger partial charge in [-0.25, -0.2) is 0 Å². The number of thiophene rings is 1. The van der Waals surface area contributed by atoms with Gasteiger partial charge in [0, 0.05) is 23.8 Å². The number of aromatic amines is 1. The lowest BCUT2D eigenvalue weighted by Crippen LogP contribution is -2.41. The largest absolute Gasteiger partial charge is 0.394 e. The Morgan fingerprint density at radius 3 is 2.91 bits per heavy atom. The third-order valence-corrected chi connectivity index (χ3v) is 4.85. The molecule has 1 amide bonds. The maximum Gasteiger partial charge on any atom is 0.254 e. The monoisotopic (exact) mass is 328 g/mol. The van der Waals surface area contributed by atoms with Gasteiger partial charge in [-0.3, -0.25) is 4.79 Å². The molecule has 3 aromatic rings. The lowest BCUT2D eigenvalue weighted by Gasteiger charge is -2.30. The molecule has 0 bridgehead atoms. The Hall–Kier alpha value is -2.11. The fourth-order valence-electron chi connectivity index (χ4n) is 2.74. The van der Waals surface area contributed by atoms with Crippen LogP contribution >= 0.6 is 11.3 Å².